The van der Waals surface area contributed by atoms with E-state index in [0.29, 0.717) is 12.1 Å². The molecular weight excluding hydrogens is 332 g/mol. The van der Waals surface area contributed by atoms with E-state index in [1.807, 2.05) is 25.1 Å². The first-order valence-corrected chi connectivity index (χ1v) is 7.36. The highest BCUT2D eigenvalue weighted by Crippen LogP contribution is 2.25. The first-order valence-electron chi connectivity index (χ1n) is 6.57. The van der Waals surface area contributed by atoms with Crippen molar-refractivity contribution in [3.63, 3.8) is 0 Å². The van der Waals surface area contributed by atoms with Crippen LogP contribution in [0.2, 0.25) is 0 Å². The molecule has 1 atom stereocenters. The van der Waals surface area contributed by atoms with E-state index in [4.69, 9.17) is 5.73 Å². The number of phenols is 1. The molecule has 2 rings (SSSR count). The molecule has 2 aromatic rings. The van der Waals surface area contributed by atoms with Crippen LogP contribution in [0.25, 0.3) is 0 Å². The van der Waals surface area contributed by atoms with E-state index < -0.39 is 6.04 Å². The van der Waals surface area contributed by atoms with Gasteiger partial charge in [-0.05, 0) is 58.6 Å². The number of hydrogen-bond donors (Lipinski definition) is 3. The van der Waals surface area contributed by atoms with Gasteiger partial charge in [0.15, 0.2) is 0 Å². The van der Waals surface area contributed by atoms with Gasteiger partial charge in [0.2, 0.25) is 5.91 Å². The lowest BCUT2D eigenvalue weighted by Crippen LogP contribution is -2.37. The summed E-state index contributed by atoms with van der Waals surface area (Å²) in [5.74, 6) is -0.0464. The minimum atomic E-state index is -0.651. The van der Waals surface area contributed by atoms with Crippen LogP contribution < -0.4 is 11.1 Å². The number of benzene rings is 2. The maximum absolute atomic E-state index is 12.1. The predicted molar refractivity (Wildman–Crippen MR) is 87.3 cm³/mol. The normalized spacial score (nSPS) is 12.0. The molecule has 2 aromatic carbocycles. The first-order chi connectivity index (χ1) is 9.97. The minimum Gasteiger partial charge on any atom is -0.508 e. The molecule has 0 heterocycles. The number of carbonyl (C=O) groups is 1. The van der Waals surface area contributed by atoms with E-state index in [1.54, 1.807) is 24.3 Å². The summed E-state index contributed by atoms with van der Waals surface area (Å²) >= 11 is 3.45. The zero-order valence-electron chi connectivity index (χ0n) is 11.6. The summed E-state index contributed by atoms with van der Waals surface area (Å²) in [6.45, 7) is 1.95. The Morgan fingerprint density at radius 1 is 1.29 bits per heavy atom. The van der Waals surface area contributed by atoms with Gasteiger partial charge in [-0.25, -0.2) is 0 Å². The van der Waals surface area contributed by atoms with Crippen LogP contribution in [0.5, 0.6) is 5.75 Å². The molecule has 1 amide bonds. The number of aryl methyl sites for hydroxylation is 1. The Balaban J connectivity index is 2.02. The van der Waals surface area contributed by atoms with Crippen LogP contribution in [-0.4, -0.2) is 17.1 Å². The van der Waals surface area contributed by atoms with Crippen molar-refractivity contribution >= 4 is 27.5 Å². The number of anilines is 1. The molecule has 0 bridgehead atoms. The van der Waals surface area contributed by atoms with Crippen molar-refractivity contribution in [3.05, 3.63) is 58.1 Å². The molecule has 0 aliphatic heterocycles. The van der Waals surface area contributed by atoms with E-state index in [0.717, 1.165) is 15.6 Å². The van der Waals surface area contributed by atoms with Crippen molar-refractivity contribution in [2.45, 2.75) is 19.4 Å². The zero-order valence-corrected chi connectivity index (χ0v) is 13.2. The maximum Gasteiger partial charge on any atom is 0.241 e. The Morgan fingerprint density at radius 2 is 1.95 bits per heavy atom. The standard InChI is InChI=1S/C16H17BrN2O2/c1-10-3-2-4-14(15(10)17)19-16(21)13(18)9-11-5-7-12(20)8-6-11/h2-8,13,20H,9,18H2,1H3,(H,19,21). The van der Waals surface area contributed by atoms with Gasteiger partial charge in [0.25, 0.3) is 0 Å². The predicted octanol–water partition coefficient (Wildman–Crippen LogP) is 2.97. The Hall–Kier alpha value is -1.85. The summed E-state index contributed by atoms with van der Waals surface area (Å²) in [4.78, 5) is 12.1. The van der Waals surface area contributed by atoms with Crippen LogP contribution in [0.15, 0.2) is 46.9 Å². The molecule has 0 aliphatic rings. The molecule has 0 saturated carbocycles. The van der Waals surface area contributed by atoms with Gasteiger partial charge in [0.1, 0.15) is 5.75 Å². The fraction of sp³-hybridized carbons (Fsp3) is 0.188. The third kappa shape index (κ3) is 4.06. The average Bonchev–Trinajstić information content (AvgIpc) is 2.46. The number of nitrogens with one attached hydrogen (secondary N) is 1. The van der Waals surface area contributed by atoms with Gasteiger partial charge in [-0.1, -0.05) is 24.3 Å². The SMILES string of the molecule is Cc1cccc(NC(=O)C(N)Cc2ccc(O)cc2)c1Br. The Labute approximate surface area is 132 Å². The summed E-state index contributed by atoms with van der Waals surface area (Å²) < 4.78 is 0.857. The number of halogens is 1. The molecule has 110 valence electrons. The smallest absolute Gasteiger partial charge is 0.241 e. The fourth-order valence-electron chi connectivity index (χ4n) is 1.95. The van der Waals surface area contributed by atoms with Crippen molar-refractivity contribution in [2.24, 2.45) is 5.73 Å². The van der Waals surface area contributed by atoms with Crippen LogP contribution in [0.3, 0.4) is 0 Å². The fourth-order valence-corrected chi connectivity index (χ4v) is 2.31. The monoisotopic (exact) mass is 348 g/mol. The van der Waals surface area contributed by atoms with Gasteiger partial charge in [0, 0.05) is 4.47 Å². The zero-order chi connectivity index (χ0) is 15.4. The van der Waals surface area contributed by atoms with E-state index in [-0.39, 0.29) is 11.7 Å². The number of nitrogens with two attached hydrogens (primary N) is 1. The quantitative estimate of drug-likeness (QED) is 0.794. The molecule has 0 fully saturated rings. The van der Waals surface area contributed by atoms with E-state index in [2.05, 4.69) is 21.2 Å². The molecule has 0 radical (unpaired) electrons. The van der Waals surface area contributed by atoms with Crippen molar-refractivity contribution in [2.75, 3.05) is 5.32 Å². The number of phenolic OH excluding ortho intramolecular Hbond substituents is 1. The highest BCUT2D eigenvalue weighted by Gasteiger charge is 2.15. The van der Waals surface area contributed by atoms with Crippen molar-refractivity contribution in [1.82, 2.24) is 0 Å². The summed E-state index contributed by atoms with van der Waals surface area (Å²) in [5.41, 5.74) is 8.59. The maximum atomic E-state index is 12.1. The number of aromatic hydroxyl groups is 1. The van der Waals surface area contributed by atoms with Gasteiger partial charge in [-0.3, -0.25) is 4.79 Å². The highest BCUT2D eigenvalue weighted by atomic mass is 79.9. The molecule has 5 heteroatoms. The van der Waals surface area contributed by atoms with Gasteiger partial charge in [0.05, 0.1) is 11.7 Å². The van der Waals surface area contributed by atoms with Gasteiger partial charge in [-0.15, -0.1) is 0 Å². The Kier molecular flexibility index (Phi) is 4.98. The third-order valence-electron chi connectivity index (χ3n) is 3.18. The van der Waals surface area contributed by atoms with Gasteiger partial charge < -0.3 is 16.2 Å². The molecule has 4 nitrogen and oxygen atoms in total. The molecule has 4 N–H and O–H groups in total. The average molecular weight is 349 g/mol. The van der Waals surface area contributed by atoms with Crippen LogP contribution in [0.4, 0.5) is 5.69 Å². The van der Waals surface area contributed by atoms with Crippen molar-refractivity contribution in [3.8, 4) is 5.75 Å². The van der Waals surface area contributed by atoms with E-state index >= 15 is 0 Å². The molecule has 0 spiro atoms. The summed E-state index contributed by atoms with van der Waals surface area (Å²) in [6, 6.07) is 11.7. The van der Waals surface area contributed by atoms with E-state index in [9.17, 15) is 9.90 Å². The van der Waals surface area contributed by atoms with Crippen molar-refractivity contribution in [1.29, 1.82) is 0 Å². The minimum absolute atomic E-state index is 0.195. The topological polar surface area (TPSA) is 75.4 Å². The van der Waals surface area contributed by atoms with Crippen LogP contribution in [-0.2, 0) is 11.2 Å². The summed E-state index contributed by atoms with van der Waals surface area (Å²) in [5, 5.41) is 12.1. The molecule has 0 saturated heterocycles. The second-order valence-corrected chi connectivity index (χ2v) is 5.70. The second-order valence-electron chi connectivity index (χ2n) is 4.90. The molecule has 0 aliphatic carbocycles. The molecule has 1 unspecified atom stereocenters. The summed E-state index contributed by atoms with van der Waals surface area (Å²) in [7, 11) is 0. The molecule has 21 heavy (non-hydrogen) atoms. The van der Waals surface area contributed by atoms with Crippen LogP contribution in [0, 0.1) is 6.92 Å². The second kappa shape index (κ2) is 6.74. The Bertz CT molecular complexity index is 641. The third-order valence-corrected chi connectivity index (χ3v) is 4.23. The summed E-state index contributed by atoms with van der Waals surface area (Å²) in [6.07, 6.45) is 0.412. The lowest BCUT2D eigenvalue weighted by molar-refractivity contribution is -0.117. The molecule has 0 aromatic heterocycles. The largest absolute Gasteiger partial charge is 0.508 e. The number of amides is 1. The number of rotatable bonds is 4. The van der Waals surface area contributed by atoms with Gasteiger partial charge in [-0.2, -0.15) is 0 Å². The Morgan fingerprint density at radius 3 is 2.62 bits per heavy atom. The van der Waals surface area contributed by atoms with Gasteiger partial charge >= 0.3 is 0 Å². The van der Waals surface area contributed by atoms with Crippen LogP contribution >= 0.6 is 15.9 Å². The molecular formula is C16H17BrN2O2. The number of hydrogen-bond acceptors (Lipinski definition) is 3. The first kappa shape index (κ1) is 15.5. The van der Waals surface area contributed by atoms with E-state index in [1.165, 1.54) is 0 Å². The van der Waals surface area contributed by atoms with Crippen molar-refractivity contribution < 1.29 is 9.90 Å². The number of carbonyl (C=O) groups excluding carboxylic acids is 1. The lowest BCUT2D eigenvalue weighted by Gasteiger charge is -2.14. The van der Waals surface area contributed by atoms with Crippen LogP contribution in [0.1, 0.15) is 11.1 Å². The highest BCUT2D eigenvalue weighted by molar-refractivity contribution is 9.10. The lowest BCUT2D eigenvalue weighted by atomic mass is 10.1.